The number of hydrogen-bond donors (Lipinski definition) is 1. The van der Waals surface area contributed by atoms with Gasteiger partial charge in [0, 0.05) is 5.69 Å². The number of ether oxygens (including phenoxy) is 2. The molecule has 0 radical (unpaired) electrons. The largest absolute Gasteiger partial charge is 0.481 e. The minimum atomic E-state index is -0.642. The number of carbonyl (C=O) groups excluding carboxylic acids is 2. The van der Waals surface area contributed by atoms with Crippen molar-refractivity contribution in [3.63, 3.8) is 0 Å². The molecule has 0 aromatic heterocycles. The molecular weight excluding hydrogens is 342 g/mol. The SMILES string of the molecule is CCCCOC(=O)c1ccc(NC(=O)C(C)Oc2ccc(CC)cc2)cc1. The fourth-order valence-electron chi connectivity index (χ4n) is 2.39. The highest BCUT2D eigenvalue weighted by molar-refractivity contribution is 5.95. The summed E-state index contributed by atoms with van der Waals surface area (Å²) in [5.41, 5.74) is 2.28. The third-order valence-corrected chi connectivity index (χ3v) is 4.13. The highest BCUT2D eigenvalue weighted by atomic mass is 16.5. The molecule has 5 heteroatoms. The normalized spacial score (nSPS) is 11.5. The predicted molar refractivity (Wildman–Crippen MR) is 106 cm³/mol. The van der Waals surface area contributed by atoms with Crippen LogP contribution in [0, 0.1) is 0 Å². The second-order valence-electron chi connectivity index (χ2n) is 6.31. The van der Waals surface area contributed by atoms with Crippen molar-refractivity contribution in [2.24, 2.45) is 0 Å². The van der Waals surface area contributed by atoms with Crippen molar-refractivity contribution in [2.75, 3.05) is 11.9 Å². The fraction of sp³-hybridized carbons (Fsp3) is 0.364. The van der Waals surface area contributed by atoms with E-state index in [9.17, 15) is 9.59 Å². The first-order chi connectivity index (χ1) is 13.0. The van der Waals surface area contributed by atoms with Crippen LogP contribution in [0.25, 0.3) is 0 Å². The second kappa shape index (κ2) is 10.4. The van der Waals surface area contributed by atoms with E-state index in [1.54, 1.807) is 31.2 Å². The number of aryl methyl sites for hydroxylation is 1. The Labute approximate surface area is 160 Å². The van der Waals surface area contributed by atoms with Gasteiger partial charge in [0.2, 0.25) is 0 Å². The van der Waals surface area contributed by atoms with Crippen molar-refractivity contribution in [3.05, 3.63) is 59.7 Å². The number of rotatable bonds is 9. The Bertz CT molecular complexity index is 738. The summed E-state index contributed by atoms with van der Waals surface area (Å²) < 4.78 is 10.8. The van der Waals surface area contributed by atoms with Crippen LogP contribution in [0.3, 0.4) is 0 Å². The first kappa shape index (κ1) is 20.5. The minimum Gasteiger partial charge on any atom is -0.481 e. The van der Waals surface area contributed by atoms with Gasteiger partial charge in [0.25, 0.3) is 5.91 Å². The van der Waals surface area contributed by atoms with Gasteiger partial charge in [-0.15, -0.1) is 0 Å². The first-order valence-electron chi connectivity index (χ1n) is 9.37. The van der Waals surface area contributed by atoms with E-state index in [0.29, 0.717) is 23.6 Å². The van der Waals surface area contributed by atoms with Gasteiger partial charge >= 0.3 is 5.97 Å². The Hall–Kier alpha value is -2.82. The van der Waals surface area contributed by atoms with Gasteiger partial charge in [0.15, 0.2) is 6.10 Å². The van der Waals surface area contributed by atoms with Gasteiger partial charge in [-0.2, -0.15) is 0 Å². The molecule has 5 nitrogen and oxygen atoms in total. The Morgan fingerprint density at radius 3 is 2.26 bits per heavy atom. The lowest BCUT2D eigenvalue weighted by molar-refractivity contribution is -0.122. The molecule has 1 amide bonds. The molecule has 1 unspecified atom stereocenters. The molecule has 0 bridgehead atoms. The maximum Gasteiger partial charge on any atom is 0.338 e. The Morgan fingerprint density at radius 2 is 1.67 bits per heavy atom. The Balaban J connectivity index is 1.87. The summed E-state index contributed by atoms with van der Waals surface area (Å²) in [6.07, 6.45) is 2.13. The minimum absolute atomic E-state index is 0.257. The molecule has 27 heavy (non-hydrogen) atoms. The molecule has 0 saturated carbocycles. The number of carbonyl (C=O) groups is 2. The molecule has 0 heterocycles. The molecule has 2 rings (SSSR count). The quantitative estimate of drug-likeness (QED) is 0.518. The number of amides is 1. The molecule has 0 aliphatic heterocycles. The van der Waals surface area contributed by atoms with Crippen LogP contribution in [0.2, 0.25) is 0 Å². The van der Waals surface area contributed by atoms with E-state index >= 15 is 0 Å². The number of hydrogen-bond acceptors (Lipinski definition) is 4. The molecule has 0 aliphatic carbocycles. The van der Waals surface area contributed by atoms with Gasteiger partial charge in [-0.1, -0.05) is 32.4 Å². The van der Waals surface area contributed by atoms with Crippen molar-refractivity contribution in [1.82, 2.24) is 0 Å². The Morgan fingerprint density at radius 1 is 1.00 bits per heavy atom. The zero-order valence-corrected chi connectivity index (χ0v) is 16.2. The number of anilines is 1. The average Bonchev–Trinajstić information content (AvgIpc) is 2.69. The van der Waals surface area contributed by atoms with Crippen LogP contribution >= 0.6 is 0 Å². The molecule has 2 aromatic carbocycles. The van der Waals surface area contributed by atoms with Crippen LogP contribution in [0.5, 0.6) is 5.75 Å². The number of unbranched alkanes of at least 4 members (excludes halogenated alkanes) is 1. The van der Waals surface area contributed by atoms with Crippen molar-refractivity contribution < 1.29 is 19.1 Å². The second-order valence-corrected chi connectivity index (χ2v) is 6.31. The lowest BCUT2D eigenvalue weighted by atomic mass is 10.2. The summed E-state index contributed by atoms with van der Waals surface area (Å²) in [5.74, 6) is 0.0430. The molecule has 144 valence electrons. The van der Waals surface area contributed by atoms with Gasteiger partial charge in [-0.3, -0.25) is 4.79 Å². The van der Waals surface area contributed by atoms with Crippen LogP contribution in [0.4, 0.5) is 5.69 Å². The lowest BCUT2D eigenvalue weighted by Gasteiger charge is -2.15. The van der Waals surface area contributed by atoms with Crippen LogP contribution in [0.15, 0.2) is 48.5 Å². The zero-order valence-electron chi connectivity index (χ0n) is 16.2. The van der Waals surface area contributed by atoms with Crippen molar-refractivity contribution in [3.8, 4) is 5.75 Å². The maximum absolute atomic E-state index is 12.3. The molecule has 0 spiro atoms. The molecule has 0 fully saturated rings. The smallest absolute Gasteiger partial charge is 0.338 e. The summed E-state index contributed by atoms with van der Waals surface area (Å²) >= 11 is 0. The highest BCUT2D eigenvalue weighted by Crippen LogP contribution is 2.16. The molecule has 0 aliphatic rings. The van der Waals surface area contributed by atoms with E-state index in [4.69, 9.17) is 9.47 Å². The predicted octanol–water partition coefficient (Wildman–Crippen LogP) is 4.61. The number of nitrogens with one attached hydrogen (secondary N) is 1. The van der Waals surface area contributed by atoms with Crippen molar-refractivity contribution in [1.29, 1.82) is 0 Å². The molecular formula is C22H27NO4. The van der Waals surface area contributed by atoms with Gasteiger partial charge in [0.05, 0.1) is 12.2 Å². The monoisotopic (exact) mass is 369 g/mol. The average molecular weight is 369 g/mol. The summed E-state index contributed by atoms with van der Waals surface area (Å²) in [6.45, 7) is 6.24. The van der Waals surface area contributed by atoms with E-state index < -0.39 is 6.10 Å². The van der Waals surface area contributed by atoms with Crippen LogP contribution in [-0.4, -0.2) is 24.6 Å². The topological polar surface area (TPSA) is 64.6 Å². The standard InChI is InChI=1S/C22H27NO4/c1-4-6-15-26-22(25)18-9-11-19(12-10-18)23-21(24)16(3)27-20-13-7-17(5-2)8-14-20/h7-14,16H,4-6,15H2,1-3H3,(H,23,24). The van der Waals surface area contributed by atoms with Gasteiger partial charge in [0.1, 0.15) is 5.75 Å². The molecule has 1 atom stereocenters. The summed E-state index contributed by atoms with van der Waals surface area (Å²) in [4.78, 5) is 24.2. The number of benzene rings is 2. The molecule has 1 N–H and O–H groups in total. The summed E-state index contributed by atoms with van der Waals surface area (Å²) in [6, 6.07) is 14.3. The van der Waals surface area contributed by atoms with Gasteiger partial charge in [-0.25, -0.2) is 4.79 Å². The van der Waals surface area contributed by atoms with Crippen LogP contribution in [0.1, 0.15) is 49.5 Å². The van der Waals surface area contributed by atoms with E-state index in [2.05, 4.69) is 12.2 Å². The third-order valence-electron chi connectivity index (χ3n) is 4.13. The van der Waals surface area contributed by atoms with Crippen LogP contribution < -0.4 is 10.1 Å². The van der Waals surface area contributed by atoms with E-state index in [1.807, 2.05) is 31.2 Å². The molecule has 2 aromatic rings. The summed E-state index contributed by atoms with van der Waals surface area (Å²) in [7, 11) is 0. The number of esters is 1. The van der Waals surface area contributed by atoms with E-state index in [1.165, 1.54) is 5.56 Å². The maximum atomic E-state index is 12.3. The lowest BCUT2D eigenvalue weighted by Crippen LogP contribution is -2.30. The third kappa shape index (κ3) is 6.44. The van der Waals surface area contributed by atoms with Crippen LogP contribution in [-0.2, 0) is 16.0 Å². The fourth-order valence-corrected chi connectivity index (χ4v) is 2.39. The first-order valence-corrected chi connectivity index (χ1v) is 9.37. The Kier molecular flexibility index (Phi) is 7.86. The zero-order chi connectivity index (χ0) is 19.6. The van der Waals surface area contributed by atoms with E-state index in [-0.39, 0.29) is 11.9 Å². The summed E-state index contributed by atoms with van der Waals surface area (Å²) in [5, 5.41) is 2.79. The van der Waals surface area contributed by atoms with E-state index in [0.717, 1.165) is 19.3 Å². The van der Waals surface area contributed by atoms with Gasteiger partial charge in [-0.05, 0) is 61.7 Å². The van der Waals surface area contributed by atoms with Crippen molar-refractivity contribution in [2.45, 2.75) is 46.1 Å². The molecule has 0 saturated heterocycles. The van der Waals surface area contributed by atoms with Crippen molar-refractivity contribution >= 4 is 17.6 Å². The van der Waals surface area contributed by atoms with Gasteiger partial charge < -0.3 is 14.8 Å². The highest BCUT2D eigenvalue weighted by Gasteiger charge is 2.15.